The minimum absolute atomic E-state index is 0. The molecule has 0 spiro atoms. The zero-order chi connectivity index (χ0) is 9.56. The van der Waals surface area contributed by atoms with Crippen LogP contribution in [-0.2, 0) is 4.79 Å². The maximum absolute atomic E-state index is 10.4. The van der Waals surface area contributed by atoms with Crippen molar-refractivity contribution in [1.82, 2.24) is 4.90 Å². The van der Waals surface area contributed by atoms with Gasteiger partial charge in [-0.25, -0.2) is 0 Å². The third kappa shape index (κ3) is 5.62. The molecule has 1 N–H and O–H groups in total. The maximum atomic E-state index is 10.4. The number of carbonyl (C=O) groups is 1. The van der Waals surface area contributed by atoms with Crippen molar-refractivity contribution in [3.05, 3.63) is 0 Å². The van der Waals surface area contributed by atoms with Crippen LogP contribution < -0.4 is 0 Å². The molecule has 0 heterocycles. The van der Waals surface area contributed by atoms with E-state index < -0.39 is 12.0 Å². The summed E-state index contributed by atoms with van der Waals surface area (Å²) in [5, 5.41) is 25.1. The van der Waals surface area contributed by atoms with E-state index in [1.807, 2.05) is 0 Å². The van der Waals surface area contributed by atoms with Crippen LogP contribution in [0.15, 0.2) is 0 Å². The molecular weight excluding hydrogens is 181 g/mol. The fraction of sp³-hybridized carbons (Fsp3) is 0.571. The van der Waals surface area contributed by atoms with Crippen LogP contribution in [0.2, 0.25) is 0 Å². The molecule has 0 aromatic carbocycles. The van der Waals surface area contributed by atoms with Gasteiger partial charge in [0.2, 0.25) is 0 Å². The number of nitrogens with zero attached hydrogens (tertiary/aromatic N) is 3. The molecule has 0 fully saturated rings. The van der Waals surface area contributed by atoms with Crippen LogP contribution in [0.4, 0.5) is 0 Å². The van der Waals surface area contributed by atoms with Crippen molar-refractivity contribution in [2.24, 2.45) is 0 Å². The first kappa shape index (κ1) is 14.9. The zero-order valence-electron chi connectivity index (χ0n) is 6.69. The molecule has 66 valence electrons. The van der Waals surface area contributed by atoms with E-state index in [1.165, 1.54) is 11.8 Å². The zero-order valence-corrected chi connectivity index (χ0v) is 6.69. The molecular formula is C7H10N3NaO2. The van der Waals surface area contributed by atoms with Crippen molar-refractivity contribution in [2.45, 2.75) is 13.0 Å². The van der Waals surface area contributed by atoms with E-state index in [9.17, 15) is 4.79 Å². The van der Waals surface area contributed by atoms with Crippen LogP contribution in [0.1, 0.15) is 6.92 Å². The Morgan fingerprint density at radius 3 is 2.08 bits per heavy atom. The van der Waals surface area contributed by atoms with Crippen LogP contribution >= 0.6 is 0 Å². The van der Waals surface area contributed by atoms with E-state index in [1.54, 1.807) is 12.1 Å². The van der Waals surface area contributed by atoms with Gasteiger partial charge in [-0.15, -0.1) is 0 Å². The monoisotopic (exact) mass is 191 g/mol. The Kier molecular flexibility index (Phi) is 9.21. The summed E-state index contributed by atoms with van der Waals surface area (Å²) >= 11 is 0. The molecule has 0 radical (unpaired) electrons. The first-order valence-corrected chi connectivity index (χ1v) is 3.34. The van der Waals surface area contributed by atoms with Gasteiger partial charge in [0.05, 0.1) is 25.2 Å². The van der Waals surface area contributed by atoms with E-state index >= 15 is 0 Å². The van der Waals surface area contributed by atoms with Gasteiger partial charge >= 0.3 is 35.5 Å². The number of hydrogen-bond acceptors (Lipinski definition) is 4. The van der Waals surface area contributed by atoms with Gasteiger partial charge in [-0.2, -0.15) is 10.5 Å². The van der Waals surface area contributed by atoms with Gasteiger partial charge in [0.1, 0.15) is 6.04 Å². The van der Waals surface area contributed by atoms with Gasteiger partial charge in [0.15, 0.2) is 0 Å². The minimum atomic E-state index is -1.03. The number of carboxylic acids is 1. The summed E-state index contributed by atoms with van der Waals surface area (Å²) in [7, 11) is 0. The molecule has 0 saturated carbocycles. The molecule has 0 bridgehead atoms. The summed E-state index contributed by atoms with van der Waals surface area (Å²) in [5.41, 5.74) is 0. The molecule has 6 heteroatoms. The number of nitriles is 2. The van der Waals surface area contributed by atoms with E-state index in [0.29, 0.717) is 0 Å². The molecule has 0 aromatic rings. The topological polar surface area (TPSA) is 88.1 Å². The molecule has 13 heavy (non-hydrogen) atoms. The molecule has 0 aliphatic carbocycles. The summed E-state index contributed by atoms with van der Waals surface area (Å²) in [6.45, 7) is 1.36. The molecule has 5 nitrogen and oxygen atoms in total. The van der Waals surface area contributed by atoms with Gasteiger partial charge in [-0.05, 0) is 6.92 Å². The quantitative estimate of drug-likeness (QED) is 0.462. The number of hydrogen-bond donors (Lipinski definition) is 1. The summed E-state index contributed by atoms with van der Waals surface area (Å²) < 4.78 is 0. The van der Waals surface area contributed by atoms with E-state index in [-0.39, 0.29) is 42.6 Å². The van der Waals surface area contributed by atoms with Crippen LogP contribution in [0.25, 0.3) is 0 Å². The third-order valence-electron chi connectivity index (χ3n) is 1.45. The Hall–Kier alpha value is -0.590. The Morgan fingerprint density at radius 2 is 1.85 bits per heavy atom. The van der Waals surface area contributed by atoms with E-state index in [2.05, 4.69) is 0 Å². The average molecular weight is 191 g/mol. The van der Waals surface area contributed by atoms with Gasteiger partial charge in [-0.3, -0.25) is 9.69 Å². The van der Waals surface area contributed by atoms with Gasteiger partial charge < -0.3 is 5.11 Å². The van der Waals surface area contributed by atoms with Crippen molar-refractivity contribution in [3.63, 3.8) is 0 Å². The predicted octanol–water partition coefficient (Wildman–Crippen LogP) is -0.840. The molecule has 0 aliphatic heterocycles. The first-order chi connectivity index (χ1) is 5.63. The van der Waals surface area contributed by atoms with Crippen LogP contribution in [0.5, 0.6) is 0 Å². The molecule has 0 rings (SSSR count). The van der Waals surface area contributed by atoms with Crippen molar-refractivity contribution in [3.8, 4) is 12.1 Å². The normalized spacial score (nSPS) is 10.8. The van der Waals surface area contributed by atoms with Crippen molar-refractivity contribution in [2.75, 3.05) is 13.1 Å². The SMILES string of the molecule is C[C@@H](C(=O)O)N(CC#N)CC#N.[NaH]. The summed E-state index contributed by atoms with van der Waals surface area (Å²) in [5.74, 6) is -1.03. The van der Waals surface area contributed by atoms with Crippen molar-refractivity contribution >= 4 is 35.5 Å². The first-order valence-electron chi connectivity index (χ1n) is 3.34. The molecule has 0 aliphatic rings. The summed E-state index contributed by atoms with van der Waals surface area (Å²) in [6.07, 6.45) is 0. The van der Waals surface area contributed by atoms with Crippen molar-refractivity contribution in [1.29, 1.82) is 10.5 Å². The summed E-state index contributed by atoms with van der Waals surface area (Å²) in [6, 6.07) is 2.81. The standard InChI is InChI=1S/C7H9N3O2.Na.H/c1-6(7(11)12)10(4-2-8)5-3-9;;/h6H,4-5H2,1H3,(H,11,12);;/t6-;;/m0../s1. The molecule has 0 amide bonds. The Bertz CT molecular complexity index is 227. The molecule has 0 unspecified atom stereocenters. The Balaban J connectivity index is 0. The van der Waals surface area contributed by atoms with Crippen molar-refractivity contribution < 1.29 is 9.90 Å². The van der Waals surface area contributed by atoms with Crippen LogP contribution in [0, 0.1) is 22.7 Å². The van der Waals surface area contributed by atoms with Gasteiger partial charge in [0, 0.05) is 0 Å². The molecule has 0 aromatic heterocycles. The van der Waals surface area contributed by atoms with Gasteiger partial charge in [-0.1, -0.05) is 0 Å². The van der Waals surface area contributed by atoms with Crippen LogP contribution in [-0.4, -0.2) is 64.7 Å². The Morgan fingerprint density at radius 1 is 1.46 bits per heavy atom. The Labute approximate surface area is 98.8 Å². The second-order valence-corrected chi connectivity index (χ2v) is 2.24. The molecule has 1 atom stereocenters. The number of rotatable bonds is 4. The fourth-order valence-electron chi connectivity index (χ4n) is 0.668. The number of carboxylic acid groups (broad SMARTS) is 1. The van der Waals surface area contributed by atoms with E-state index in [0.717, 1.165) is 0 Å². The second kappa shape index (κ2) is 8.03. The van der Waals surface area contributed by atoms with Crippen LogP contribution in [0.3, 0.4) is 0 Å². The molecule has 0 saturated heterocycles. The third-order valence-corrected chi connectivity index (χ3v) is 1.45. The summed E-state index contributed by atoms with van der Waals surface area (Å²) in [4.78, 5) is 11.7. The fourth-order valence-corrected chi connectivity index (χ4v) is 0.668. The number of aliphatic carboxylic acids is 1. The van der Waals surface area contributed by atoms with E-state index in [4.69, 9.17) is 15.6 Å². The van der Waals surface area contributed by atoms with Gasteiger partial charge in [0.25, 0.3) is 0 Å². The predicted molar refractivity (Wildman–Crippen MR) is 47.0 cm³/mol. The average Bonchev–Trinajstić information content (AvgIpc) is 2.03. The second-order valence-electron chi connectivity index (χ2n) is 2.24.